The highest BCUT2D eigenvalue weighted by atomic mass is 32.1. The van der Waals surface area contributed by atoms with Crippen LogP contribution in [0.2, 0.25) is 0 Å². The lowest BCUT2D eigenvalue weighted by atomic mass is 9.89. The topological polar surface area (TPSA) is 61.9 Å². The molecule has 0 bridgehead atoms. The molecular weight excluding hydrogens is 362 g/mol. The minimum atomic E-state index is 0.0388. The summed E-state index contributed by atoms with van der Waals surface area (Å²) in [5.74, 6) is 0.152. The highest BCUT2D eigenvalue weighted by Crippen LogP contribution is 2.57. The van der Waals surface area contributed by atoms with Crippen LogP contribution in [-0.4, -0.2) is 60.6 Å². The van der Waals surface area contributed by atoms with Crippen molar-refractivity contribution in [1.82, 2.24) is 15.1 Å². The molecule has 1 spiro atoms. The van der Waals surface area contributed by atoms with Crippen molar-refractivity contribution in [2.75, 3.05) is 32.8 Å². The summed E-state index contributed by atoms with van der Waals surface area (Å²) in [4.78, 5) is 28.6. The first kappa shape index (κ1) is 18.7. The molecule has 3 amide bonds. The Labute approximate surface area is 164 Å². The van der Waals surface area contributed by atoms with E-state index in [9.17, 15) is 9.59 Å². The summed E-state index contributed by atoms with van der Waals surface area (Å²) in [6.45, 7) is 8.20. The van der Waals surface area contributed by atoms with Gasteiger partial charge in [0.1, 0.15) is 0 Å². The minimum absolute atomic E-state index is 0.0388. The Balaban J connectivity index is 1.28. The predicted molar refractivity (Wildman–Crippen MR) is 105 cm³/mol. The number of carbonyl (C=O) groups excluding carboxylic acids is 2. The van der Waals surface area contributed by atoms with Crippen LogP contribution in [0.3, 0.4) is 0 Å². The third kappa shape index (κ3) is 3.85. The molecule has 0 aromatic carbocycles. The second-order valence-corrected chi connectivity index (χ2v) is 9.59. The number of hydrogen-bond donors (Lipinski definition) is 1. The summed E-state index contributed by atoms with van der Waals surface area (Å²) >= 11 is 1.67. The summed E-state index contributed by atoms with van der Waals surface area (Å²) in [5.41, 5.74) is 1.52. The highest BCUT2D eigenvalue weighted by molar-refractivity contribution is 7.07. The fraction of sp³-hybridized carbons (Fsp3) is 0.700. The number of piperidine rings is 1. The first-order valence-electron chi connectivity index (χ1n) is 9.80. The van der Waals surface area contributed by atoms with Gasteiger partial charge in [-0.3, -0.25) is 4.79 Å². The van der Waals surface area contributed by atoms with Crippen LogP contribution in [0.4, 0.5) is 4.79 Å². The van der Waals surface area contributed by atoms with E-state index >= 15 is 0 Å². The van der Waals surface area contributed by atoms with Gasteiger partial charge in [-0.25, -0.2) is 4.79 Å². The molecule has 7 heteroatoms. The van der Waals surface area contributed by atoms with Crippen molar-refractivity contribution in [1.29, 1.82) is 0 Å². The van der Waals surface area contributed by atoms with Crippen molar-refractivity contribution in [3.05, 3.63) is 22.4 Å². The van der Waals surface area contributed by atoms with Crippen LogP contribution in [0, 0.1) is 10.8 Å². The van der Waals surface area contributed by atoms with E-state index in [1.165, 1.54) is 5.56 Å². The van der Waals surface area contributed by atoms with Gasteiger partial charge in [-0.1, -0.05) is 6.92 Å². The zero-order chi connectivity index (χ0) is 19.1. The van der Waals surface area contributed by atoms with Gasteiger partial charge in [-0.05, 0) is 47.1 Å². The van der Waals surface area contributed by atoms with Crippen LogP contribution in [0.15, 0.2) is 16.8 Å². The fourth-order valence-electron chi connectivity index (χ4n) is 4.43. The van der Waals surface area contributed by atoms with Crippen molar-refractivity contribution >= 4 is 23.3 Å². The van der Waals surface area contributed by atoms with Crippen LogP contribution in [-0.2, 0) is 16.1 Å². The van der Waals surface area contributed by atoms with Crippen molar-refractivity contribution in [3.8, 4) is 0 Å². The maximum atomic E-state index is 12.5. The van der Waals surface area contributed by atoms with E-state index in [0.717, 1.165) is 45.6 Å². The van der Waals surface area contributed by atoms with Crippen molar-refractivity contribution < 1.29 is 14.3 Å². The number of thiophene rings is 1. The molecule has 6 nitrogen and oxygen atoms in total. The van der Waals surface area contributed by atoms with Crippen LogP contribution in [0.25, 0.3) is 0 Å². The Bertz CT molecular complexity index is 693. The van der Waals surface area contributed by atoms with E-state index in [0.29, 0.717) is 19.1 Å². The Kier molecular flexibility index (Phi) is 4.93. The Morgan fingerprint density at radius 1 is 1.37 bits per heavy atom. The second kappa shape index (κ2) is 7.09. The molecule has 148 valence electrons. The molecule has 0 radical (unpaired) electrons. The SMILES string of the molecule is CC(=O)N(Cc1ccsc1)[C@H]1CC12CCN(C(=O)NCC1(C)COC1)CC2. The molecule has 3 heterocycles. The number of nitrogens with one attached hydrogen (secondary N) is 1. The summed E-state index contributed by atoms with van der Waals surface area (Å²) in [6, 6.07) is 2.46. The molecular formula is C20H29N3O3S. The van der Waals surface area contributed by atoms with Gasteiger partial charge in [0.25, 0.3) is 0 Å². The lowest BCUT2D eigenvalue weighted by Crippen LogP contribution is -2.52. The molecule has 2 saturated heterocycles. The lowest BCUT2D eigenvalue weighted by Gasteiger charge is -2.39. The smallest absolute Gasteiger partial charge is 0.317 e. The Morgan fingerprint density at radius 3 is 2.67 bits per heavy atom. The maximum absolute atomic E-state index is 12.5. The number of carbonyl (C=O) groups is 2. The molecule has 4 rings (SSSR count). The maximum Gasteiger partial charge on any atom is 0.317 e. The molecule has 1 atom stereocenters. The first-order valence-corrected chi connectivity index (χ1v) is 10.7. The predicted octanol–water partition coefficient (Wildman–Crippen LogP) is 2.70. The minimum Gasteiger partial charge on any atom is -0.380 e. The molecule has 3 fully saturated rings. The number of ether oxygens (including phenoxy) is 1. The van der Waals surface area contributed by atoms with Crippen molar-refractivity contribution in [2.24, 2.45) is 10.8 Å². The van der Waals surface area contributed by atoms with Crippen LogP contribution < -0.4 is 5.32 Å². The van der Waals surface area contributed by atoms with E-state index in [2.05, 4.69) is 29.1 Å². The first-order chi connectivity index (χ1) is 12.9. The average molecular weight is 392 g/mol. The summed E-state index contributed by atoms with van der Waals surface area (Å²) < 4.78 is 5.25. The quantitative estimate of drug-likeness (QED) is 0.839. The zero-order valence-corrected chi connectivity index (χ0v) is 17.0. The Hall–Kier alpha value is -1.60. The van der Waals surface area contributed by atoms with Crippen LogP contribution >= 0.6 is 11.3 Å². The molecule has 0 unspecified atom stereocenters. The largest absolute Gasteiger partial charge is 0.380 e. The summed E-state index contributed by atoms with van der Waals surface area (Å²) in [6.07, 6.45) is 3.04. The van der Waals surface area contributed by atoms with E-state index in [1.807, 2.05) is 9.80 Å². The molecule has 1 saturated carbocycles. The van der Waals surface area contributed by atoms with Gasteiger partial charge in [0.05, 0.1) is 13.2 Å². The molecule has 1 aromatic heterocycles. The zero-order valence-electron chi connectivity index (χ0n) is 16.2. The van der Waals surface area contributed by atoms with E-state index < -0.39 is 0 Å². The van der Waals surface area contributed by atoms with Gasteiger partial charge >= 0.3 is 6.03 Å². The van der Waals surface area contributed by atoms with Gasteiger partial charge in [0.2, 0.25) is 5.91 Å². The fourth-order valence-corrected chi connectivity index (χ4v) is 5.09. The number of urea groups is 1. The number of likely N-dealkylation sites (tertiary alicyclic amines) is 1. The average Bonchev–Trinajstić information content (AvgIpc) is 3.05. The van der Waals surface area contributed by atoms with E-state index in [4.69, 9.17) is 4.74 Å². The lowest BCUT2D eigenvalue weighted by molar-refractivity contribution is -0.130. The Morgan fingerprint density at radius 2 is 2.11 bits per heavy atom. The van der Waals surface area contributed by atoms with Crippen LogP contribution in [0.5, 0.6) is 0 Å². The highest BCUT2D eigenvalue weighted by Gasteiger charge is 2.58. The number of nitrogens with zero attached hydrogens (tertiary/aromatic N) is 2. The molecule has 1 aliphatic carbocycles. The molecule has 27 heavy (non-hydrogen) atoms. The number of rotatable bonds is 5. The van der Waals surface area contributed by atoms with Crippen LogP contribution in [0.1, 0.15) is 38.7 Å². The number of hydrogen-bond acceptors (Lipinski definition) is 4. The van der Waals surface area contributed by atoms with Crippen molar-refractivity contribution in [3.63, 3.8) is 0 Å². The normalized spacial score (nSPS) is 25.0. The third-order valence-electron chi connectivity index (χ3n) is 6.47. The summed E-state index contributed by atoms with van der Waals surface area (Å²) in [5, 5.41) is 7.24. The van der Waals surface area contributed by atoms with Gasteiger partial charge < -0.3 is 19.9 Å². The molecule has 1 N–H and O–H groups in total. The second-order valence-electron chi connectivity index (χ2n) is 8.81. The van der Waals surface area contributed by atoms with Gasteiger partial charge in [-0.2, -0.15) is 11.3 Å². The van der Waals surface area contributed by atoms with Crippen molar-refractivity contribution in [2.45, 2.75) is 45.7 Å². The van der Waals surface area contributed by atoms with Gasteiger partial charge in [0.15, 0.2) is 0 Å². The van der Waals surface area contributed by atoms with Gasteiger partial charge in [0, 0.05) is 44.6 Å². The molecule has 3 aliphatic rings. The summed E-state index contributed by atoms with van der Waals surface area (Å²) in [7, 11) is 0. The molecule has 2 aliphatic heterocycles. The monoisotopic (exact) mass is 391 g/mol. The molecule has 1 aromatic rings. The number of amides is 3. The van der Waals surface area contributed by atoms with E-state index in [-0.39, 0.29) is 22.8 Å². The third-order valence-corrected chi connectivity index (χ3v) is 7.21. The standard InChI is InChI=1S/C20H29N3O3S/c1-15(24)23(10-16-3-8-27-11-16)17-9-20(17)4-6-22(7-5-20)18(25)21-12-19(2)13-26-14-19/h3,8,11,17H,4-7,9-10,12-14H2,1-2H3,(H,21,25)/t17-/m0/s1. The van der Waals surface area contributed by atoms with E-state index in [1.54, 1.807) is 18.3 Å². The van der Waals surface area contributed by atoms with Gasteiger partial charge in [-0.15, -0.1) is 0 Å².